The van der Waals surface area contributed by atoms with Crippen LogP contribution in [0.5, 0.6) is 11.6 Å². The van der Waals surface area contributed by atoms with Crippen LogP contribution in [0.25, 0.3) is 0 Å². The highest BCUT2D eigenvalue weighted by Crippen LogP contribution is 2.29. The Morgan fingerprint density at radius 3 is 2.56 bits per heavy atom. The summed E-state index contributed by atoms with van der Waals surface area (Å²) in [6.07, 6.45) is 3.09. The van der Waals surface area contributed by atoms with E-state index in [2.05, 4.69) is 21.5 Å². The minimum absolute atomic E-state index is 0.419. The third-order valence-electron chi connectivity index (χ3n) is 2.84. The summed E-state index contributed by atoms with van der Waals surface area (Å²) in [6, 6.07) is 4.09. The summed E-state index contributed by atoms with van der Waals surface area (Å²) >= 11 is 0. The summed E-state index contributed by atoms with van der Waals surface area (Å²) in [5.74, 6) is 6.99. The van der Waals surface area contributed by atoms with E-state index in [1.165, 1.54) is 11.8 Å². The van der Waals surface area contributed by atoms with Crippen molar-refractivity contribution in [1.82, 2.24) is 9.97 Å². The zero-order valence-corrected chi connectivity index (χ0v) is 10.7. The lowest BCUT2D eigenvalue weighted by molar-refractivity contribution is 0.453. The van der Waals surface area contributed by atoms with Crippen molar-refractivity contribution >= 4 is 5.82 Å². The molecular formula is C13H16N4O. The number of nitrogens with one attached hydrogen (secondary N) is 1. The van der Waals surface area contributed by atoms with E-state index >= 15 is 0 Å². The summed E-state index contributed by atoms with van der Waals surface area (Å²) in [6.45, 7) is 6.07. The van der Waals surface area contributed by atoms with Gasteiger partial charge >= 0.3 is 0 Å². The lowest BCUT2D eigenvalue weighted by Gasteiger charge is -2.13. The van der Waals surface area contributed by atoms with Crippen LogP contribution >= 0.6 is 0 Å². The molecule has 2 aromatic rings. The number of ether oxygens (including phenoxy) is 1. The first-order valence-electron chi connectivity index (χ1n) is 5.65. The molecule has 0 fully saturated rings. The minimum atomic E-state index is 0.419. The number of aromatic nitrogens is 2. The highest BCUT2D eigenvalue weighted by Gasteiger charge is 2.09. The summed E-state index contributed by atoms with van der Waals surface area (Å²) in [4.78, 5) is 8.18. The minimum Gasteiger partial charge on any atom is -0.437 e. The molecule has 5 heteroatoms. The van der Waals surface area contributed by atoms with Crippen molar-refractivity contribution in [2.45, 2.75) is 20.8 Å². The Bertz CT molecular complexity index is 569. The second-order valence-corrected chi connectivity index (χ2v) is 4.14. The summed E-state index contributed by atoms with van der Waals surface area (Å²) < 4.78 is 5.79. The Labute approximate surface area is 106 Å². The van der Waals surface area contributed by atoms with E-state index in [0.29, 0.717) is 11.7 Å². The lowest BCUT2D eigenvalue weighted by atomic mass is 10.1. The number of aryl methyl sites for hydroxylation is 2. The Balaban J connectivity index is 2.36. The van der Waals surface area contributed by atoms with Crippen molar-refractivity contribution in [2.24, 2.45) is 5.84 Å². The zero-order valence-electron chi connectivity index (χ0n) is 10.7. The molecule has 94 valence electrons. The normalized spacial score (nSPS) is 10.2. The molecule has 0 bridgehead atoms. The Morgan fingerprint density at radius 1 is 1.11 bits per heavy atom. The van der Waals surface area contributed by atoms with Gasteiger partial charge in [-0.15, -0.1) is 0 Å². The van der Waals surface area contributed by atoms with Gasteiger partial charge in [-0.05, 0) is 37.5 Å². The zero-order chi connectivity index (χ0) is 13.1. The largest absolute Gasteiger partial charge is 0.437 e. The van der Waals surface area contributed by atoms with Gasteiger partial charge in [0.1, 0.15) is 5.75 Å². The first-order chi connectivity index (χ1) is 8.61. The molecule has 0 aliphatic carbocycles. The third-order valence-corrected chi connectivity index (χ3v) is 2.84. The van der Waals surface area contributed by atoms with Gasteiger partial charge in [-0.25, -0.2) is 5.84 Å². The van der Waals surface area contributed by atoms with Crippen LogP contribution in [0.2, 0.25) is 0 Å². The van der Waals surface area contributed by atoms with Crippen LogP contribution in [0.3, 0.4) is 0 Å². The van der Waals surface area contributed by atoms with Gasteiger partial charge in [-0.3, -0.25) is 4.98 Å². The average Bonchev–Trinajstić information content (AvgIpc) is 2.39. The van der Waals surface area contributed by atoms with Crippen molar-refractivity contribution in [3.63, 3.8) is 0 Å². The van der Waals surface area contributed by atoms with Gasteiger partial charge in [-0.1, -0.05) is 12.1 Å². The molecule has 0 aliphatic rings. The molecule has 1 aromatic carbocycles. The first kappa shape index (κ1) is 12.3. The van der Waals surface area contributed by atoms with E-state index in [1.807, 2.05) is 26.8 Å². The van der Waals surface area contributed by atoms with Gasteiger partial charge in [0, 0.05) is 0 Å². The van der Waals surface area contributed by atoms with Crippen molar-refractivity contribution in [3.05, 3.63) is 41.2 Å². The van der Waals surface area contributed by atoms with Gasteiger partial charge in [0.05, 0.1) is 12.4 Å². The monoisotopic (exact) mass is 244 g/mol. The second kappa shape index (κ2) is 5.01. The number of benzene rings is 1. The van der Waals surface area contributed by atoms with Crippen molar-refractivity contribution in [1.29, 1.82) is 0 Å². The highest BCUT2D eigenvalue weighted by molar-refractivity contribution is 5.46. The molecule has 0 aliphatic heterocycles. The van der Waals surface area contributed by atoms with Crippen LogP contribution in [0, 0.1) is 20.8 Å². The molecule has 0 amide bonds. The Hall–Kier alpha value is -2.14. The lowest BCUT2D eigenvalue weighted by Crippen LogP contribution is -2.09. The number of nitrogens with two attached hydrogens (primary N) is 1. The highest BCUT2D eigenvalue weighted by atomic mass is 16.5. The van der Waals surface area contributed by atoms with E-state index < -0.39 is 0 Å². The third kappa shape index (κ3) is 2.41. The fraction of sp³-hybridized carbons (Fsp3) is 0.231. The Kier molecular flexibility index (Phi) is 3.43. The molecule has 0 saturated carbocycles. The number of nitrogen functional groups attached to an aromatic ring is 1. The van der Waals surface area contributed by atoms with Crippen LogP contribution < -0.4 is 16.0 Å². The van der Waals surface area contributed by atoms with Crippen molar-refractivity contribution in [3.8, 4) is 11.6 Å². The van der Waals surface area contributed by atoms with E-state index in [9.17, 15) is 0 Å². The number of rotatable bonds is 3. The van der Waals surface area contributed by atoms with Gasteiger partial charge < -0.3 is 10.2 Å². The van der Waals surface area contributed by atoms with Crippen LogP contribution in [-0.4, -0.2) is 9.97 Å². The maximum absolute atomic E-state index is 5.79. The molecule has 18 heavy (non-hydrogen) atoms. The number of anilines is 1. The molecule has 2 rings (SSSR count). The standard InChI is InChI=1S/C13H16N4O/c1-8-4-5-9(2)13(10(8)3)18-12-7-15-6-11(16-12)17-14/h4-7H,14H2,1-3H3,(H,16,17). The summed E-state index contributed by atoms with van der Waals surface area (Å²) in [5.41, 5.74) is 5.78. The van der Waals surface area contributed by atoms with Gasteiger partial charge in [-0.2, -0.15) is 4.98 Å². The first-order valence-corrected chi connectivity index (χ1v) is 5.65. The van der Waals surface area contributed by atoms with E-state index in [4.69, 9.17) is 10.6 Å². The number of hydrogen-bond acceptors (Lipinski definition) is 5. The average molecular weight is 244 g/mol. The fourth-order valence-corrected chi connectivity index (χ4v) is 1.65. The molecule has 5 nitrogen and oxygen atoms in total. The SMILES string of the molecule is Cc1ccc(C)c(Oc2cncc(NN)n2)c1C. The number of nitrogens with zero attached hydrogens (tertiary/aromatic N) is 2. The molecule has 3 N–H and O–H groups in total. The number of hydrazine groups is 1. The maximum atomic E-state index is 5.79. The molecule has 0 spiro atoms. The summed E-state index contributed by atoms with van der Waals surface area (Å²) in [5, 5.41) is 0. The molecule has 0 unspecified atom stereocenters. The topological polar surface area (TPSA) is 73.1 Å². The molecule has 0 saturated heterocycles. The van der Waals surface area contributed by atoms with Gasteiger partial charge in [0.25, 0.3) is 0 Å². The van der Waals surface area contributed by atoms with Crippen molar-refractivity contribution in [2.75, 3.05) is 5.43 Å². The van der Waals surface area contributed by atoms with Crippen LogP contribution in [0.4, 0.5) is 5.82 Å². The van der Waals surface area contributed by atoms with Crippen LogP contribution in [-0.2, 0) is 0 Å². The van der Waals surface area contributed by atoms with E-state index in [0.717, 1.165) is 16.9 Å². The van der Waals surface area contributed by atoms with Crippen molar-refractivity contribution < 1.29 is 4.74 Å². The molecular weight excluding hydrogens is 228 g/mol. The molecule has 0 radical (unpaired) electrons. The summed E-state index contributed by atoms with van der Waals surface area (Å²) in [7, 11) is 0. The van der Waals surface area contributed by atoms with Gasteiger partial charge in [0.15, 0.2) is 5.82 Å². The smallest absolute Gasteiger partial charge is 0.239 e. The quantitative estimate of drug-likeness (QED) is 0.641. The predicted molar refractivity (Wildman–Crippen MR) is 70.6 cm³/mol. The van der Waals surface area contributed by atoms with Crippen LogP contribution in [0.15, 0.2) is 24.5 Å². The maximum Gasteiger partial charge on any atom is 0.239 e. The van der Waals surface area contributed by atoms with Gasteiger partial charge in [0.2, 0.25) is 5.88 Å². The molecule has 1 aromatic heterocycles. The molecule has 0 atom stereocenters. The van der Waals surface area contributed by atoms with E-state index in [-0.39, 0.29) is 0 Å². The number of hydrogen-bond donors (Lipinski definition) is 2. The van der Waals surface area contributed by atoms with Crippen LogP contribution in [0.1, 0.15) is 16.7 Å². The Morgan fingerprint density at radius 2 is 1.83 bits per heavy atom. The fourth-order valence-electron chi connectivity index (χ4n) is 1.65. The molecule has 1 heterocycles. The van der Waals surface area contributed by atoms with E-state index in [1.54, 1.807) is 6.20 Å². The predicted octanol–water partition coefficient (Wildman–Crippen LogP) is 2.48. The second-order valence-electron chi connectivity index (χ2n) is 4.14.